The highest BCUT2D eigenvalue weighted by Gasteiger charge is 2.28. The van der Waals surface area contributed by atoms with E-state index in [9.17, 15) is 14.7 Å². The number of aromatic hydroxyl groups is 1. The van der Waals surface area contributed by atoms with Gasteiger partial charge in [0.05, 0.1) is 5.69 Å². The highest BCUT2D eigenvalue weighted by atomic mass is 16.6. The molecule has 2 heterocycles. The van der Waals surface area contributed by atoms with Gasteiger partial charge >= 0.3 is 6.09 Å². The van der Waals surface area contributed by atoms with Crippen LogP contribution in [0.3, 0.4) is 0 Å². The van der Waals surface area contributed by atoms with Crippen molar-refractivity contribution >= 4 is 17.7 Å². The number of carbonyl (C=O) groups excluding carboxylic acids is 2. The third kappa shape index (κ3) is 4.65. The van der Waals surface area contributed by atoms with Gasteiger partial charge in [-0.1, -0.05) is 12.1 Å². The number of aromatic nitrogens is 1. The minimum absolute atomic E-state index is 0.0274. The molecule has 1 saturated heterocycles. The Bertz CT molecular complexity index is 845. The molecule has 7 nitrogen and oxygen atoms in total. The first-order chi connectivity index (χ1) is 13.2. The van der Waals surface area contributed by atoms with Crippen molar-refractivity contribution in [1.82, 2.24) is 9.47 Å². The summed E-state index contributed by atoms with van der Waals surface area (Å²) in [6.07, 6.45) is 3.07. The lowest BCUT2D eigenvalue weighted by Gasteiger charge is -2.34. The van der Waals surface area contributed by atoms with Crippen LogP contribution in [0.2, 0.25) is 0 Å². The van der Waals surface area contributed by atoms with Gasteiger partial charge in [-0.2, -0.15) is 0 Å². The number of likely N-dealkylation sites (tertiary alicyclic amines) is 1. The third-order valence-corrected chi connectivity index (χ3v) is 4.67. The lowest BCUT2D eigenvalue weighted by molar-refractivity contribution is 0.0187. The van der Waals surface area contributed by atoms with Crippen molar-refractivity contribution in [2.45, 2.75) is 45.3 Å². The molecule has 1 fully saturated rings. The topological polar surface area (TPSA) is 83.8 Å². The number of piperidine rings is 1. The molecular formula is C21H27N3O4. The fourth-order valence-electron chi connectivity index (χ4n) is 3.32. The zero-order valence-corrected chi connectivity index (χ0v) is 16.5. The largest absolute Gasteiger partial charge is 0.506 e. The van der Waals surface area contributed by atoms with Crippen LogP contribution in [0.4, 0.5) is 10.5 Å². The molecule has 0 radical (unpaired) electrons. The summed E-state index contributed by atoms with van der Waals surface area (Å²) in [5.74, 6) is -0.249. The Labute approximate surface area is 164 Å². The first-order valence-corrected chi connectivity index (χ1v) is 9.49. The van der Waals surface area contributed by atoms with Gasteiger partial charge in [0.25, 0.3) is 5.91 Å². The minimum Gasteiger partial charge on any atom is -0.506 e. The van der Waals surface area contributed by atoms with Crippen LogP contribution in [-0.2, 0) is 4.74 Å². The number of hydrogen-bond acceptors (Lipinski definition) is 4. The number of nitrogens with one attached hydrogen (secondary N) is 1. The molecule has 1 aliphatic heterocycles. The molecule has 28 heavy (non-hydrogen) atoms. The summed E-state index contributed by atoms with van der Waals surface area (Å²) in [5.41, 5.74) is 0.391. The van der Waals surface area contributed by atoms with Gasteiger partial charge in [0.15, 0.2) is 0 Å². The number of anilines is 1. The Morgan fingerprint density at radius 1 is 1.11 bits per heavy atom. The van der Waals surface area contributed by atoms with Crippen LogP contribution in [0.15, 0.2) is 42.6 Å². The van der Waals surface area contributed by atoms with Crippen LogP contribution in [0, 0.1) is 0 Å². The third-order valence-electron chi connectivity index (χ3n) is 4.67. The number of phenolic OH excluding ortho intramolecular Hbond substituents is 1. The van der Waals surface area contributed by atoms with E-state index in [1.54, 1.807) is 29.2 Å². The van der Waals surface area contributed by atoms with E-state index < -0.39 is 5.60 Å². The molecule has 3 rings (SSSR count). The first-order valence-electron chi connectivity index (χ1n) is 9.49. The van der Waals surface area contributed by atoms with Crippen molar-refractivity contribution in [1.29, 1.82) is 0 Å². The Morgan fingerprint density at radius 3 is 2.43 bits per heavy atom. The predicted octanol–water partition coefficient (Wildman–Crippen LogP) is 4.02. The molecule has 150 valence electrons. The summed E-state index contributed by atoms with van der Waals surface area (Å²) in [4.78, 5) is 26.6. The molecule has 1 aromatic carbocycles. The quantitative estimate of drug-likeness (QED) is 0.782. The van der Waals surface area contributed by atoms with Gasteiger partial charge in [0, 0.05) is 25.3 Å². The zero-order valence-electron chi connectivity index (χ0n) is 16.5. The fraction of sp³-hybridized carbons (Fsp3) is 0.429. The van der Waals surface area contributed by atoms with Crippen LogP contribution in [0.1, 0.15) is 50.1 Å². The van der Waals surface area contributed by atoms with E-state index >= 15 is 0 Å². The van der Waals surface area contributed by atoms with Crippen molar-refractivity contribution in [2.75, 3.05) is 18.4 Å². The summed E-state index contributed by atoms with van der Waals surface area (Å²) >= 11 is 0. The molecule has 1 aromatic heterocycles. The SMILES string of the molecule is CC(C)(C)OC(=O)N1CCC(n2cccc2C(=O)Nc2ccccc2O)CC1. The molecule has 0 unspecified atom stereocenters. The van der Waals surface area contributed by atoms with Crippen LogP contribution in [0.5, 0.6) is 5.75 Å². The molecule has 0 saturated carbocycles. The van der Waals surface area contributed by atoms with E-state index in [0.29, 0.717) is 24.5 Å². The second kappa shape index (κ2) is 7.96. The molecule has 0 spiro atoms. The number of para-hydroxylation sites is 2. The number of rotatable bonds is 3. The number of phenols is 1. The normalized spacial score (nSPS) is 15.3. The Morgan fingerprint density at radius 2 is 1.79 bits per heavy atom. The Kier molecular flexibility index (Phi) is 5.63. The van der Waals surface area contributed by atoms with E-state index in [-0.39, 0.29) is 23.8 Å². The van der Waals surface area contributed by atoms with Gasteiger partial charge in [0.1, 0.15) is 17.0 Å². The van der Waals surface area contributed by atoms with Gasteiger partial charge in [0.2, 0.25) is 0 Å². The lowest BCUT2D eigenvalue weighted by Crippen LogP contribution is -2.42. The zero-order chi connectivity index (χ0) is 20.3. The monoisotopic (exact) mass is 385 g/mol. The van der Waals surface area contributed by atoms with Gasteiger partial charge < -0.3 is 24.6 Å². The highest BCUT2D eigenvalue weighted by Crippen LogP contribution is 2.27. The van der Waals surface area contributed by atoms with E-state index in [1.807, 2.05) is 37.6 Å². The average molecular weight is 385 g/mol. The van der Waals surface area contributed by atoms with Crippen LogP contribution >= 0.6 is 0 Å². The maximum Gasteiger partial charge on any atom is 0.410 e. The first kappa shape index (κ1) is 19.8. The molecule has 2 amide bonds. The van der Waals surface area contributed by atoms with Gasteiger partial charge in [-0.25, -0.2) is 4.79 Å². The van der Waals surface area contributed by atoms with Crippen molar-refractivity contribution in [3.8, 4) is 5.75 Å². The second-order valence-electron chi connectivity index (χ2n) is 7.97. The molecule has 2 aromatic rings. The molecule has 0 bridgehead atoms. The average Bonchev–Trinajstić information content (AvgIpc) is 3.12. The van der Waals surface area contributed by atoms with Crippen LogP contribution < -0.4 is 5.32 Å². The molecule has 2 N–H and O–H groups in total. The van der Waals surface area contributed by atoms with E-state index in [0.717, 1.165) is 12.8 Å². The standard InChI is InChI=1S/C21H27N3O4/c1-21(2,3)28-20(27)23-13-10-15(11-14-23)24-12-6-8-17(24)19(26)22-16-7-4-5-9-18(16)25/h4-9,12,15,25H,10-11,13-14H2,1-3H3,(H,22,26). The van der Waals surface area contributed by atoms with Crippen molar-refractivity contribution in [2.24, 2.45) is 0 Å². The molecule has 7 heteroatoms. The Balaban J connectivity index is 1.64. The smallest absolute Gasteiger partial charge is 0.410 e. The fourth-order valence-corrected chi connectivity index (χ4v) is 3.32. The number of amides is 2. The number of hydrogen-bond donors (Lipinski definition) is 2. The van der Waals surface area contributed by atoms with Gasteiger partial charge in [-0.3, -0.25) is 4.79 Å². The van der Waals surface area contributed by atoms with Crippen LogP contribution in [-0.4, -0.2) is 45.3 Å². The second-order valence-corrected chi connectivity index (χ2v) is 7.97. The summed E-state index contributed by atoms with van der Waals surface area (Å²) in [7, 11) is 0. The summed E-state index contributed by atoms with van der Waals surface area (Å²) < 4.78 is 7.38. The summed E-state index contributed by atoms with van der Waals surface area (Å²) in [6.45, 7) is 6.73. The van der Waals surface area contributed by atoms with Crippen molar-refractivity contribution in [3.63, 3.8) is 0 Å². The van der Waals surface area contributed by atoms with Crippen LogP contribution in [0.25, 0.3) is 0 Å². The number of benzene rings is 1. The predicted molar refractivity (Wildman–Crippen MR) is 107 cm³/mol. The molecular weight excluding hydrogens is 358 g/mol. The van der Waals surface area contributed by atoms with Crippen molar-refractivity contribution < 1.29 is 19.4 Å². The Hall–Kier alpha value is -2.96. The molecule has 0 atom stereocenters. The lowest BCUT2D eigenvalue weighted by atomic mass is 10.0. The van der Waals surface area contributed by atoms with E-state index in [1.165, 1.54) is 6.07 Å². The minimum atomic E-state index is -0.511. The summed E-state index contributed by atoms with van der Waals surface area (Å²) in [6, 6.07) is 10.3. The molecule has 1 aliphatic rings. The van der Waals surface area contributed by atoms with Gasteiger partial charge in [-0.15, -0.1) is 0 Å². The summed E-state index contributed by atoms with van der Waals surface area (Å²) in [5, 5.41) is 12.6. The van der Waals surface area contributed by atoms with Crippen molar-refractivity contribution in [3.05, 3.63) is 48.3 Å². The van der Waals surface area contributed by atoms with E-state index in [4.69, 9.17) is 4.74 Å². The number of nitrogens with zero attached hydrogens (tertiary/aromatic N) is 2. The number of carbonyl (C=O) groups is 2. The number of ether oxygens (including phenoxy) is 1. The maximum absolute atomic E-state index is 12.7. The van der Waals surface area contributed by atoms with Gasteiger partial charge in [-0.05, 0) is 57.9 Å². The highest BCUT2D eigenvalue weighted by molar-refractivity contribution is 6.04. The maximum atomic E-state index is 12.7. The van der Waals surface area contributed by atoms with E-state index in [2.05, 4.69) is 5.32 Å². The molecule has 0 aliphatic carbocycles.